The zero-order valence-electron chi connectivity index (χ0n) is 22.1. The van der Waals surface area contributed by atoms with E-state index in [2.05, 4.69) is 26.2 Å². The summed E-state index contributed by atoms with van der Waals surface area (Å²) in [4.78, 5) is 38.6. The number of aliphatic carboxylic acids is 2. The summed E-state index contributed by atoms with van der Waals surface area (Å²) in [5.74, 6) is -2.31. The Morgan fingerprint density at radius 3 is 2.45 bits per heavy atom. The van der Waals surface area contributed by atoms with E-state index in [1.54, 1.807) is 13.3 Å². The van der Waals surface area contributed by atoms with Crippen LogP contribution in [0.5, 0.6) is 11.5 Å². The van der Waals surface area contributed by atoms with Crippen molar-refractivity contribution >= 4 is 34.4 Å². The number of methoxy groups -OCH3 is 1. The lowest BCUT2D eigenvalue weighted by molar-refractivity contribution is -0.159. The Hall–Kier alpha value is -4.58. The molecule has 1 aromatic heterocycles. The number of fused-ring (bicyclic) bond motifs is 1. The number of nitrogens with one attached hydrogen (secondary N) is 2. The summed E-state index contributed by atoms with van der Waals surface area (Å²) in [6.07, 6.45) is 5.80. The van der Waals surface area contributed by atoms with Crippen molar-refractivity contribution in [3.05, 3.63) is 66.4 Å². The molecule has 4 rings (SSSR count). The number of alkyl halides is 1. The van der Waals surface area contributed by atoms with Crippen molar-refractivity contribution in [3.8, 4) is 11.5 Å². The van der Waals surface area contributed by atoms with Gasteiger partial charge in [0.05, 0.1) is 18.4 Å². The fraction of sp³-hybridized carbons (Fsp3) is 0.321. The van der Waals surface area contributed by atoms with Gasteiger partial charge in [-0.25, -0.2) is 14.0 Å². The fourth-order valence-corrected chi connectivity index (χ4v) is 4.13. The molecule has 4 N–H and O–H groups in total. The number of carbonyl (C=O) groups is 3. The largest absolute Gasteiger partial charge is 0.497 e. The number of rotatable bonds is 10. The Morgan fingerprint density at radius 2 is 1.77 bits per heavy atom. The minimum absolute atomic E-state index is 0.0762. The van der Waals surface area contributed by atoms with Crippen LogP contribution < -0.4 is 19.7 Å². The summed E-state index contributed by atoms with van der Waals surface area (Å²) in [7, 11) is 1.61. The molecule has 40 heavy (non-hydrogen) atoms. The van der Waals surface area contributed by atoms with Crippen LogP contribution in [0.3, 0.4) is 0 Å². The highest BCUT2D eigenvalue weighted by atomic mass is 19.1. The summed E-state index contributed by atoms with van der Waals surface area (Å²) in [5.41, 5.74) is 2.52. The van der Waals surface area contributed by atoms with Crippen LogP contribution in [0.1, 0.15) is 10.4 Å². The number of hydrogen-bond donors (Lipinski definition) is 4. The number of para-hydroxylation sites is 2. The minimum atomic E-state index is -1.82. The number of carboxylic acid groups (broad SMARTS) is 2. The first kappa shape index (κ1) is 30.0. The molecule has 3 aromatic rings. The van der Waals surface area contributed by atoms with Gasteiger partial charge in [-0.2, -0.15) is 0 Å². The predicted octanol–water partition coefficient (Wildman–Crippen LogP) is 2.79. The lowest BCUT2D eigenvalue weighted by Gasteiger charge is -2.36. The Kier molecular flexibility index (Phi) is 11.3. The van der Waals surface area contributed by atoms with E-state index >= 15 is 0 Å². The molecule has 2 aromatic carbocycles. The number of ether oxygens (including phenoxy) is 2. The molecular formula is C28H33FN4O7. The van der Waals surface area contributed by atoms with E-state index < -0.39 is 18.6 Å². The lowest BCUT2D eigenvalue weighted by atomic mass is 10.1. The number of hydrogen-bond acceptors (Lipinski definition) is 7. The van der Waals surface area contributed by atoms with Crippen LogP contribution in [-0.4, -0.2) is 97.6 Å². The molecule has 1 amide bonds. The molecule has 1 aliphatic rings. The van der Waals surface area contributed by atoms with Crippen molar-refractivity contribution in [2.45, 2.75) is 0 Å². The maximum absolute atomic E-state index is 12.6. The van der Waals surface area contributed by atoms with Gasteiger partial charge in [-0.3, -0.25) is 9.69 Å². The molecule has 0 aliphatic carbocycles. The second-order valence-corrected chi connectivity index (χ2v) is 8.70. The average molecular weight is 557 g/mol. The highest BCUT2D eigenvalue weighted by Gasteiger charge is 2.19. The molecule has 0 spiro atoms. The van der Waals surface area contributed by atoms with Crippen LogP contribution in [0.25, 0.3) is 10.9 Å². The molecule has 1 fully saturated rings. The van der Waals surface area contributed by atoms with Gasteiger partial charge in [0.25, 0.3) is 5.91 Å². The summed E-state index contributed by atoms with van der Waals surface area (Å²) in [6, 6.07) is 13.4. The summed E-state index contributed by atoms with van der Waals surface area (Å²) < 4.78 is 23.3. The van der Waals surface area contributed by atoms with Crippen LogP contribution in [0.15, 0.2) is 60.8 Å². The number of aromatic amines is 1. The molecule has 2 heterocycles. The second kappa shape index (κ2) is 15.1. The number of aromatic nitrogens is 1. The maximum atomic E-state index is 12.6. The molecular weight excluding hydrogens is 523 g/mol. The first-order chi connectivity index (χ1) is 19.3. The first-order valence-electron chi connectivity index (χ1n) is 12.6. The Morgan fingerprint density at radius 1 is 1.05 bits per heavy atom. The van der Waals surface area contributed by atoms with Gasteiger partial charge in [-0.1, -0.05) is 24.3 Å². The normalized spacial score (nSPS) is 13.5. The summed E-state index contributed by atoms with van der Waals surface area (Å²) >= 11 is 0. The van der Waals surface area contributed by atoms with Crippen LogP contribution in [0, 0.1) is 0 Å². The highest BCUT2D eigenvalue weighted by molar-refractivity contribution is 6.27. The molecule has 0 saturated carbocycles. The number of amides is 1. The number of nitrogens with zero attached hydrogens (tertiary/aromatic N) is 2. The first-order valence-corrected chi connectivity index (χ1v) is 12.6. The third kappa shape index (κ3) is 8.46. The summed E-state index contributed by atoms with van der Waals surface area (Å²) in [5, 5.41) is 18.6. The van der Waals surface area contributed by atoms with Crippen molar-refractivity contribution in [1.82, 2.24) is 15.2 Å². The molecule has 0 unspecified atom stereocenters. The third-order valence-electron chi connectivity index (χ3n) is 6.14. The van der Waals surface area contributed by atoms with Gasteiger partial charge in [-0.15, -0.1) is 0 Å². The van der Waals surface area contributed by atoms with E-state index in [4.69, 9.17) is 29.3 Å². The predicted molar refractivity (Wildman–Crippen MR) is 148 cm³/mol. The average Bonchev–Trinajstić information content (AvgIpc) is 3.40. The van der Waals surface area contributed by atoms with Crippen molar-refractivity contribution in [2.24, 2.45) is 0 Å². The van der Waals surface area contributed by atoms with E-state index in [-0.39, 0.29) is 12.5 Å². The number of H-pyrrole nitrogens is 1. The topological polar surface area (TPSA) is 144 Å². The van der Waals surface area contributed by atoms with Crippen molar-refractivity contribution < 1.29 is 38.5 Å². The number of carbonyl (C=O) groups excluding carboxylic acids is 1. The van der Waals surface area contributed by atoms with Gasteiger partial charge in [0.1, 0.15) is 24.8 Å². The molecule has 0 bridgehead atoms. The Balaban J connectivity index is 0.000000663. The van der Waals surface area contributed by atoms with Crippen LogP contribution in [-0.2, 0) is 9.59 Å². The molecule has 0 atom stereocenters. The Labute approximate surface area is 230 Å². The van der Waals surface area contributed by atoms with Crippen LogP contribution >= 0.6 is 0 Å². The molecule has 1 saturated heterocycles. The SMILES string of the molecule is COc1ccc2[nH]cc(C(=O)NC/C=C/CN3CCN(c4ccccc4OCCF)CC3)c2c1.O=C(O)C(=O)O. The minimum Gasteiger partial charge on any atom is -0.497 e. The lowest BCUT2D eigenvalue weighted by Crippen LogP contribution is -2.46. The number of anilines is 1. The van der Waals surface area contributed by atoms with Crippen molar-refractivity contribution in [2.75, 3.05) is 64.6 Å². The van der Waals surface area contributed by atoms with E-state index in [0.29, 0.717) is 12.1 Å². The molecule has 0 radical (unpaired) electrons. The fourth-order valence-electron chi connectivity index (χ4n) is 4.13. The monoisotopic (exact) mass is 556 g/mol. The molecule has 214 valence electrons. The van der Waals surface area contributed by atoms with E-state index in [9.17, 15) is 9.18 Å². The van der Waals surface area contributed by atoms with Gasteiger partial charge in [0.15, 0.2) is 0 Å². The molecule has 11 nitrogen and oxygen atoms in total. The number of piperazine rings is 1. The van der Waals surface area contributed by atoms with E-state index in [1.165, 1.54) is 0 Å². The van der Waals surface area contributed by atoms with E-state index in [1.807, 2.05) is 48.5 Å². The van der Waals surface area contributed by atoms with E-state index in [0.717, 1.165) is 60.8 Å². The van der Waals surface area contributed by atoms with Crippen LogP contribution in [0.4, 0.5) is 10.1 Å². The standard InChI is InChI=1S/C26H31FN4O3.C2H2O4/c1-33-20-8-9-23-21(18-20)22(19-29-23)26(32)28-11-4-5-12-30-13-15-31(16-14-30)24-6-2-3-7-25(24)34-17-10-27;3-1(4)2(5)6/h2-9,18-19,29H,10-17H2,1H3,(H,28,32);(H,3,4)(H,5,6)/b5-4+;. The number of benzene rings is 2. The zero-order chi connectivity index (χ0) is 28.9. The quantitative estimate of drug-likeness (QED) is 0.219. The zero-order valence-corrected chi connectivity index (χ0v) is 22.1. The third-order valence-corrected chi connectivity index (χ3v) is 6.14. The number of halogens is 1. The van der Waals surface area contributed by atoms with Gasteiger partial charge < -0.3 is 34.9 Å². The molecule has 1 aliphatic heterocycles. The second-order valence-electron chi connectivity index (χ2n) is 8.70. The van der Waals surface area contributed by atoms with Crippen LogP contribution in [0.2, 0.25) is 0 Å². The van der Waals surface area contributed by atoms with Gasteiger partial charge >= 0.3 is 11.9 Å². The Bertz CT molecular complexity index is 1310. The maximum Gasteiger partial charge on any atom is 0.414 e. The smallest absolute Gasteiger partial charge is 0.414 e. The molecule has 12 heteroatoms. The number of carboxylic acids is 2. The van der Waals surface area contributed by atoms with Gasteiger partial charge in [0, 0.05) is 56.4 Å². The van der Waals surface area contributed by atoms with Gasteiger partial charge in [-0.05, 0) is 30.3 Å². The van der Waals surface area contributed by atoms with Crippen molar-refractivity contribution in [3.63, 3.8) is 0 Å². The highest BCUT2D eigenvalue weighted by Crippen LogP contribution is 2.29. The summed E-state index contributed by atoms with van der Waals surface area (Å²) in [6.45, 7) is 4.48. The van der Waals surface area contributed by atoms with Crippen molar-refractivity contribution in [1.29, 1.82) is 0 Å². The van der Waals surface area contributed by atoms with Gasteiger partial charge in [0.2, 0.25) is 0 Å².